The summed E-state index contributed by atoms with van der Waals surface area (Å²) in [6, 6.07) is 8.66. The summed E-state index contributed by atoms with van der Waals surface area (Å²) in [5.41, 5.74) is 8.65. The molecule has 1 aromatic carbocycles. The molecule has 0 radical (unpaired) electrons. The molecule has 0 aliphatic heterocycles. The first-order valence-corrected chi connectivity index (χ1v) is 11.2. The maximum Gasteiger partial charge on any atom is 0.271 e. The van der Waals surface area contributed by atoms with Gasteiger partial charge in [-0.1, -0.05) is 31.9 Å². The normalized spacial score (nSPS) is 20.5. The number of nitrogens with zero attached hydrogens (tertiary/aromatic N) is 1. The van der Waals surface area contributed by atoms with Crippen LogP contribution in [-0.4, -0.2) is 16.3 Å². The smallest absolute Gasteiger partial charge is 0.271 e. The Morgan fingerprint density at radius 1 is 1.25 bits per heavy atom. The summed E-state index contributed by atoms with van der Waals surface area (Å²) in [5, 5.41) is 4.04. The van der Waals surface area contributed by atoms with Crippen LogP contribution in [0.4, 0.5) is 10.7 Å². The number of H-pyrrole nitrogens is 1. The number of amidine groups is 1. The van der Waals surface area contributed by atoms with Crippen LogP contribution in [0.3, 0.4) is 0 Å². The van der Waals surface area contributed by atoms with Crippen LogP contribution in [0.1, 0.15) is 76.3 Å². The predicted octanol–water partition coefficient (Wildman–Crippen LogP) is 5.37. The first-order valence-electron chi connectivity index (χ1n) is 10.4. The van der Waals surface area contributed by atoms with Crippen molar-refractivity contribution in [3.63, 3.8) is 0 Å². The van der Waals surface area contributed by atoms with Crippen LogP contribution in [-0.2, 0) is 0 Å². The van der Waals surface area contributed by atoms with Crippen LogP contribution in [0.15, 0.2) is 34.1 Å². The van der Waals surface area contributed by atoms with Crippen molar-refractivity contribution in [3.8, 4) is 0 Å². The number of benzene rings is 1. The number of rotatable bonds is 7. The van der Waals surface area contributed by atoms with Gasteiger partial charge < -0.3 is 11.1 Å². The standard InChI is InChI=1S/C22H32N4OS/c1-4-5-15-6-8-16(9-7-15)17-10-12-18(13-11-17)25-22-19(21(27)26-28-22)20(23)24-14(2)3/h10-16,25H,4-9H2,1-3H3,(H2,23,24)(H,26,27). The number of aromatic nitrogens is 1. The van der Waals surface area contributed by atoms with Crippen molar-refractivity contribution in [3.05, 3.63) is 45.7 Å². The molecule has 0 atom stereocenters. The molecule has 1 heterocycles. The molecule has 1 aliphatic rings. The lowest BCUT2D eigenvalue weighted by Crippen LogP contribution is -2.23. The highest BCUT2D eigenvalue weighted by atomic mass is 32.1. The zero-order chi connectivity index (χ0) is 20.1. The number of anilines is 2. The van der Waals surface area contributed by atoms with Gasteiger partial charge in [0.15, 0.2) is 0 Å². The number of nitrogens with one attached hydrogen (secondary N) is 2. The quantitative estimate of drug-likeness (QED) is 0.432. The molecule has 1 aromatic heterocycles. The largest absolute Gasteiger partial charge is 0.383 e. The number of aromatic amines is 1. The molecule has 0 bridgehead atoms. The Labute approximate surface area is 171 Å². The third-order valence-corrected chi connectivity index (χ3v) is 6.33. The van der Waals surface area contributed by atoms with Gasteiger partial charge in [0.2, 0.25) is 0 Å². The van der Waals surface area contributed by atoms with E-state index in [2.05, 4.69) is 45.9 Å². The summed E-state index contributed by atoms with van der Waals surface area (Å²) >= 11 is 1.25. The molecule has 6 heteroatoms. The van der Waals surface area contributed by atoms with Crippen molar-refractivity contribution in [1.82, 2.24) is 4.37 Å². The number of hydrogen-bond donors (Lipinski definition) is 3. The van der Waals surface area contributed by atoms with E-state index < -0.39 is 0 Å². The third-order valence-electron chi connectivity index (χ3n) is 5.54. The zero-order valence-electron chi connectivity index (χ0n) is 17.1. The van der Waals surface area contributed by atoms with E-state index in [-0.39, 0.29) is 17.4 Å². The minimum absolute atomic E-state index is 0.0406. The van der Waals surface area contributed by atoms with E-state index in [9.17, 15) is 4.79 Å². The highest BCUT2D eigenvalue weighted by Gasteiger charge is 2.22. The first-order chi connectivity index (χ1) is 13.5. The molecule has 152 valence electrons. The van der Waals surface area contributed by atoms with Gasteiger partial charge in [0, 0.05) is 11.7 Å². The molecule has 0 saturated heterocycles. The summed E-state index contributed by atoms with van der Waals surface area (Å²) in [6.45, 7) is 6.16. The number of nitrogens with two attached hydrogens (primary N) is 1. The molecule has 1 fully saturated rings. The summed E-state index contributed by atoms with van der Waals surface area (Å²) < 4.78 is 2.75. The summed E-state index contributed by atoms with van der Waals surface area (Å²) in [5.74, 6) is 1.88. The van der Waals surface area contributed by atoms with E-state index in [4.69, 9.17) is 5.73 Å². The lowest BCUT2D eigenvalue weighted by molar-refractivity contribution is 0.308. The number of aliphatic imine (C=N–C) groups is 1. The topological polar surface area (TPSA) is 83.3 Å². The first kappa shape index (κ1) is 20.6. The van der Waals surface area contributed by atoms with Gasteiger partial charge in [-0.25, -0.2) is 0 Å². The van der Waals surface area contributed by atoms with Crippen LogP contribution in [0.25, 0.3) is 0 Å². The van der Waals surface area contributed by atoms with Crippen molar-refractivity contribution >= 4 is 28.1 Å². The molecular formula is C22H32N4OS. The fraction of sp³-hybridized carbons (Fsp3) is 0.545. The van der Waals surface area contributed by atoms with Gasteiger partial charge in [0.1, 0.15) is 16.4 Å². The zero-order valence-corrected chi connectivity index (χ0v) is 17.9. The van der Waals surface area contributed by atoms with Crippen LogP contribution in [0.2, 0.25) is 0 Å². The second-order valence-corrected chi connectivity index (χ2v) is 8.92. The molecule has 28 heavy (non-hydrogen) atoms. The predicted molar refractivity (Wildman–Crippen MR) is 120 cm³/mol. The monoisotopic (exact) mass is 400 g/mol. The lowest BCUT2D eigenvalue weighted by Gasteiger charge is -2.28. The molecule has 4 N–H and O–H groups in total. The Balaban J connectivity index is 1.68. The summed E-state index contributed by atoms with van der Waals surface area (Å²) in [6.07, 6.45) is 7.98. The highest BCUT2D eigenvalue weighted by molar-refractivity contribution is 7.10. The van der Waals surface area contributed by atoms with E-state index in [0.29, 0.717) is 16.5 Å². The highest BCUT2D eigenvalue weighted by Crippen LogP contribution is 2.38. The maximum absolute atomic E-state index is 12.1. The molecule has 3 rings (SSSR count). The Bertz CT molecular complexity index is 842. The van der Waals surface area contributed by atoms with Crippen molar-refractivity contribution in [2.24, 2.45) is 16.6 Å². The fourth-order valence-electron chi connectivity index (χ4n) is 4.13. The average molecular weight is 401 g/mol. The van der Waals surface area contributed by atoms with E-state index in [1.807, 2.05) is 13.8 Å². The second kappa shape index (κ2) is 9.41. The van der Waals surface area contributed by atoms with Gasteiger partial charge in [-0.15, -0.1) is 0 Å². The third kappa shape index (κ3) is 5.04. The fourth-order valence-corrected chi connectivity index (χ4v) is 4.89. The van der Waals surface area contributed by atoms with Gasteiger partial charge in [-0.2, -0.15) is 0 Å². The molecule has 1 aliphatic carbocycles. The van der Waals surface area contributed by atoms with E-state index >= 15 is 0 Å². The van der Waals surface area contributed by atoms with Crippen LogP contribution >= 0.6 is 11.5 Å². The van der Waals surface area contributed by atoms with Gasteiger partial charge in [0.05, 0.1) is 0 Å². The van der Waals surface area contributed by atoms with Gasteiger partial charge >= 0.3 is 0 Å². The SMILES string of the molecule is CCCC1CCC(c2ccc(Nc3s[nH]c(=O)c3C(N)=NC(C)C)cc2)CC1. The van der Waals surface area contributed by atoms with E-state index in [0.717, 1.165) is 11.6 Å². The Kier molecular flexibility index (Phi) is 6.94. The van der Waals surface area contributed by atoms with E-state index in [1.165, 1.54) is 55.6 Å². The minimum atomic E-state index is -0.199. The molecule has 1 saturated carbocycles. The van der Waals surface area contributed by atoms with E-state index in [1.54, 1.807) is 0 Å². The Morgan fingerprint density at radius 3 is 2.54 bits per heavy atom. The Hall–Kier alpha value is -2.08. The number of hydrogen-bond acceptors (Lipinski definition) is 4. The minimum Gasteiger partial charge on any atom is -0.383 e. The average Bonchev–Trinajstić information content (AvgIpc) is 3.03. The van der Waals surface area contributed by atoms with Crippen LogP contribution in [0, 0.1) is 5.92 Å². The summed E-state index contributed by atoms with van der Waals surface area (Å²) in [7, 11) is 0. The van der Waals surface area contributed by atoms with Gasteiger partial charge in [0.25, 0.3) is 5.56 Å². The summed E-state index contributed by atoms with van der Waals surface area (Å²) in [4.78, 5) is 16.5. The Morgan fingerprint density at radius 2 is 1.93 bits per heavy atom. The van der Waals surface area contributed by atoms with Crippen LogP contribution in [0.5, 0.6) is 0 Å². The maximum atomic E-state index is 12.1. The van der Waals surface area contributed by atoms with Crippen molar-refractivity contribution in [2.75, 3.05) is 5.32 Å². The molecule has 2 aromatic rings. The molecule has 0 amide bonds. The molecule has 0 spiro atoms. The second-order valence-electron chi connectivity index (χ2n) is 8.10. The lowest BCUT2D eigenvalue weighted by atomic mass is 9.77. The van der Waals surface area contributed by atoms with Crippen molar-refractivity contribution < 1.29 is 0 Å². The van der Waals surface area contributed by atoms with Crippen molar-refractivity contribution in [1.29, 1.82) is 0 Å². The molecule has 5 nitrogen and oxygen atoms in total. The van der Waals surface area contributed by atoms with Crippen molar-refractivity contribution in [2.45, 2.75) is 71.3 Å². The molecule has 0 unspecified atom stereocenters. The van der Waals surface area contributed by atoms with Gasteiger partial charge in [-0.3, -0.25) is 14.2 Å². The van der Waals surface area contributed by atoms with Crippen LogP contribution < -0.4 is 16.6 Å². The molecular weight excluding hydrogens is 368 g/mol. The van der Waals surface area contributed by atoms with Gasteiger partial charge in [-0.05, 0) is 80.6 Å².